The number of rotatable bonds is 5. The standard InChI is InChI=1S/C11H15Cl2NS/c1-8(15-2)6-14-7-9-3-10(12)5-11(13)4-9/h3-5,8,14H,6-7H2,1-2H3. The lowest BCUT2D eigenvalue weighted by Crippen LogP contribution is -2.21. The summed E-state index contributed by atoms with van der Waals surface area (Å²) in [7, 11) is 0. The van der Waals surface area contributed by atoms with E-state index in [9.17, 15) is 0 Å². The molecular weight excluding hydrogens is 249 g/mol. The van der Waals surface area contributed by atoms with Crippen LogP contribution in [0.15, 0.2) is 18.2 Å². The van der Waals surface area contributed by atoms with E-state index in [0.29, 0.717) is 15.3 Å². The minimum atomic E-state index is 0.625. The second kappa shape index (κ2) is 6.64. The molecule has 0 spiro atoms. The Morgan fingerprint density at radius 1 is 1.27 bits per heavy atom. The molecule has 15 heavy (non-hydrogen) atoms. The van der Waals surface area contributed by atoms with Crippen LogP contribution in [0.25, 0.3) is 0 Å². The van der Waals surface area contributed by atoms with Crippen molar-refractivity contribution in [1.29, 1.82) is 0 Å². The van der Waals surface area contributed by atoms with Crippen LogP contribution in [0.1, 0.15) is 12.5 Å². The van der Waals surface area contributed by atoms with Crippen molar-refractivity contribution in [3.05, 3.63) is 33.8 Å². The zero-order valence-electron chi connectivity index (χ0n) is 8.89. The Labute approximate surface area is 106 Å². The lowest BCUT2D eigenvalue weighted by atomic mass is 10.2. The molecule has 1 aromatic rings. The Bertz CT molecular complexity index is 297. The fourth-order valence-electron chi connectivity index (χ4n) is 1.22. The maximum atomic E-state index is 5.90. The summed E-state index contributed by atoms with van der Waals surface area (Å²) in [6.45, 7) is 4.00. The van der Waals surface area contributed by atoms with Gasteiger partial charge in [-0.15, -0.1) is 0 Å². The molecule has 0 heterocycles. The molecule has 4 heteroatoms. The molecule has 1 rings (SSSR count). The minimum Gasteiger partial charge on any atom is -0.312 e. The van der Waals surface area contributed by atoms with Gasteiger partial charge in [0, 0.05) is 28.4 Å². The summed E-state index contributed by atoms with van der Waals surface area (Å²) in [6.07, 6.45) is 2.11. The highest BCUT2D eigenvalue weighted by molar-refractivity contribution is 7.99. The number of thioether (sulfide) groups is 1. The van der Waals surface area contributed by atoms with Crippen molar-refractivity contribution >= 4 is 35.0 Å². The first kappa shape index (κ1) is 13.2. The maximum absolute atomic E-state index is 5.90. The third kappa shape index (κ3) is 5.12. The minimum absolute atomic E-state index is 0.625. The summed E-state index contributed by atoms with van der Waals surface area (Å²) in [5, 5.41) is 5.38. The molecule has 0 amide bonds. The molecule has 0 radical (unpaired) electrons. The van der Waals surface area contributed by atoms with E-state index in [-0.39, 0.29) is 0 Å². The monoisotopic (exact) mass is 263 g/mol. The quantitative estimate of drug-likeness (QED) is 0.867. The van der Waals surface area contributed by atoms with Crippen LogP contribution in [-0.2, 0) is 6.54 Å². The fraction of sp³-hybridized carbons (Fsp3) is 0.455. The predicted molar refractivity (Wildman–Crippen MR) is 71.1 cm³/mol. The van der Waals surface area contributed by atoms with Crippen molar-refractivity contribution in [2.24, 2.45) is 0 Å². The second-order valence-electron chi connectivity index (χ2n) is 3.45. The molecule has 1 aromatic carbocycles. The van der Waals surface area contributed by atoms with E-state index >= 15 is 0 Å². The van der Waals surface area contributed by atoms with Crippen molar-refractivity contribution in [3.8, 4) is 0 Å². The first-order chi connectivity index (χ1) is 7.11. The number of hydrogen-bond donors (Lipinski definition) is 1. The Balaban J connectivity index is 2.43. The van der Waals surface area contributed by atoms with E-state index < -0.39 is 0 Å². The van der Waals surface area contributed by atoms with Crippen LogP contribution in [0.4, 0.5) is 0 Å². The summed E-state index contributed by atoms with van der Waals surface area (Å²) in [4.78, 5) is 0. The molecule has 0 aliphatic carbocycles. The van der Waals surface area contributed by atoms with Gasteiger partial charge < -0.3 is 5.32 Å². The van der Waals surface area contributed by atoms with Gasteiger partial charge >= 0.3 is 0 Å². The molecule has 1 N–H and O–H groups in total. The molecule has 0 aliphatic rings. The van der Waals surface area contributed by atoms with E-state index in [1.54, 1.807) is 6.07 Å². The molecule has 84 valence electrons. The molecule has 0 fully saturated rings. The van der Waals surface area contributed by atoms with Gasteiger partial charge in [-0.2, -0.15) is 11.8 Å². The van der Waals surface area contributed by atoms with E-state index in [1.807, 2.05) is 23.9 Å². The van der Waals surface area contributed by atoms with Gasteiger partial charge in [0.15, 0.2) is 0 Å². The van der Waals surface area contributed by atoms with E-state index in [1.165, 1.54) is 0 Å². The highest BCUT2D eigenvalue weighted by Gasteiger charge is 2.00. The lowest BCUT2D eigenvalue weighted by Gasteiger charge is -2.10. The lowest BCUT2D eigenvalue weighted by molar-refractivity contribution is 0.684. The smallest absolute Gasteiger partial charge is 0.0424 e. The van der Waals surface area contributed by atoms with Crippen LogP contribution >= 0.6 is 35.0 Å². The fourth-order valence-corrected chi connectivity index (χ4v) is 2.07. The van der Waals surface area contributed by atoms with Gasteiger partial charge in [-0.05, 0) is 30.0 Å². The summed E-state index contributed by atoms with van der Waals surface area (Å²) in [5.41, 5.74) is 1.13. The van der Waals surface area contributed by atoms with Crippen LogP contribution in [0.2, 0.25) is 10.0 Å². The van der Waals surface area contributed by atoms with Gasteiger partial charge in [0.2, 0.25) is 0 Å². The van der Waals surface area contributed by atoms with Crippen LogP contribution in [0.3, 0.4) is 0 Å². The molecule has 0 aromatic heterocycles. The maximum Gasteiger partial charge on any atom is 0.0424 e. The predicted octanol–water partition coefficient (Wildman–Crippen LogP) is 3.83. The molecule has 0 aliphatic heterocycles. The zero-order valence-corrected chi connectivity index (χ0v) is 11.2. The first-order valence-corrected chi connectivity index (χ1v) is 6.84. The normalized spacial score (nSPS) is 12.8. The summed E-state index contributed by atoms with van der Waals surface area (Å²) in [6, 6.07) is 5.62. The number of halogens is 2. The Morgan fingerprint density at radius 2 is 1.87 bits per heavy atom. The zero-order chi connectivity index (χ0) is 11.3. The molecule has 0 bridgehead atoms. The third-order valence-electron chi connectivity index (χ3n) is 2.09. The average Bonchev–Trinajstić information content (AvgIpc) is 2.16. The van der Waals surface area contributed by atoms with Gasteiger partial charge in [-0.3, -0.25) is 0 Å². The summed E-state index contributed by atoms with van der Waals surface area (Å²) in [5.74, 6) is 0. The van der Waals surface area contributed by atoms with Crippen molar-refractivity contribution in [2.45, 2.75) is 18.7 Å². The van der Waals surface area contributed by atoms with E-state index in [0.717, 1.165) is 18.7 Å². The highest BCUT2D eigenvalue weighted by Crippen LogP contribution is 2.18. The van der Waals surface area contributed by atoms with E-state index in [4.69, 9.17) is 23.2 Å². The van der Waals surface area contributed by atoms with Gasteiger partial charge in [0.05, 0.1) is 0 Å². The molecule has 1 atom stereocenters. The molecule has 0 saturated heterocycles. The van der Waals surface area contributed by atoms with Gasteiger partial charge in [0.1, 0.15) is 0 Å². The van der Waals surface area contributed by atoms with Crippen LogP contribution in [0, 0.1) is 0 Å². The van der Waals surface area contributed by atoms with Crippen molar-refractivity contribution in [1.82, 2.24) is 5.32 Å². The number of nitrogens with one attached hydrogen (secondary N) is 1. The second-order valence-corrected chi connectivity index (χ2v) is 5.60. The largest absolute Gasteiger partial charge is 0.312 e. The van der Waals surface area contributed by atoms with Gasteiger partial charge in [0.25, 0.3) is 0 Å². The molecular formula is C11H15Cl2NS. The SMILES string of the molecule is CSC(C)CNCc1cc(Cl)cc(Cl)c1. The Hall–Kier alpha value is 0.110. The van der Waals surface area contributed by atoms with E-state index in [2.05, 4.69) is 18.5 Å². The number of hydrogen-bond acceptors (Lipinski definition) is 2. The molecule has 1 unspecified atom stereocenters. The molecule has 0 saturated carbocycles. The average molecular weight is 264 g/mol. The molecule has 1 nitrogen and oxygen atoms in total. The highest BCUT2D eigenvalue weighted by atomic mass is 35.5. The first-order valence-electron chi connectivity index (χ1n) is 4.80. The van der Waals surface area contributed by atoms with Crippen molar-refractivity contribution in [3.63, 3.8) is 0 Å². The summed E-state index contributed by atoms with van der Waals surface area (Å²) < 4.78 is 0. The third-order valence-corrected chi connectivity index (χ3v) is 3.49. The van der Waals surface area contributed by atoms with Crippen LogP contribution in [0.5, 0.6) is 0 Å². The number of benzene rings is 1. The van der Waals surface area contributed by atoms with Gasteiger partial charge in [-0.25, -0.2) is 0 Å². The van der Waals surface area contributed by atoms with Crippen molar-refractivity contribution in [2.75, 3.05) is 12.8 Å². The summed E-state index contributed by atoms with van der Waals surface area (Å²) >= 11 is 13.7. The Morgan fingerprint density at radius 3 is 2.40 bits per heavy atom. The topological polar surface area (TPSA) is 12.0 Å². The van der Waals surface area contributed by atoms with Crippen molar-refractivity contribution < 1.29 is 0 Å². The Kier molecular flexibility index (Phi) is 5.83. The van der Waals surface area contributed by atoms with Crippen LogP contribution in [-0.4, -0.2) is 18.1 Å². The van der Waals surface area contributed by atoms with Crippen LogP contribution < -0.4 is 5.32 Å². The van der Waals surface area contributed by atoms with Gasteiger partial charge in [-0.1, -0.05) is 30.1 Å².